The molecule has 2 nitrogen and oxygen atoms in total. The zero-order valence-corrected chi connectivity index (χ0v) is 12.6. The van der Waals surface area contributed by atoms with Gasteiger partial charge in [0.05, 0.1) is 0 Å². The van der Waals surface area contributed by atoms with Crippen molar-refractivity contribution in [2.45, 2.75) is 26.3 Å². The number of benzene rings is 2. The summed E-state index contributed by atoms with van der Waals surface area (Å²) in [5.74, 6) is 0. The van der Waals surface area contributed by atoms with Gasteiger partial charge in [0.2, 0.25) is 0 Å². The number of rotatable bonds is 5. The van der Waals surface area contributed by atoms with E-state index in [1.54, 1.807) is 0 Å². The van der Waals surface area contributed by atoms with Gasteiger partial charge in [-0.1, -0.05) is 48.9 Å². The Hall–Kier alpha value is -1.80. The summed E-state index contributed by atoms with van der Waals surface area (Å²) in [7, 11) is 2.09. The SMILES string of the molecule is CCc1ccc(C(N)CN(C)c2ccc(C)cc2)cc1. The minimum Gasteiger partial charge on any atom is -0.373 e. The molecule has 106 valence electrons. The molecule has 0 fully saturated rings. The first-order valence-corrected chi connectivity index (χ1v) is 7.22. The standard InChI is InChI=1S/C18H24N2/c1-4-15-7-9-16(10-8-15)18(19)13-20(3)17-11-5-14(2)6-12-17/h5-12,18H,4,13,19H2,1-3H3. The lowest BCUT2D eigenvalue weighted by Gasteiger charge is -2.24. The van der Waals surface area contributed by atoms with E-state index in [1.165, 1.54) is 22.4 Å². The van der Waals surface area contributed by atoms with E-state index in [9.17, 15) is 0 Å². The zero-order chi connectivity index (χ0) is 14.5. The molecule has 20 heavy (non-hydrogen) atoms. The van der Waals surface area contributed by atoms with Crippen molar-refractivity contribution >= 4 is 5.69 Å². The summed E-state index contributed by atoms with van der Waals surface area (Å²) in [4.78, 5) is 2.21. The van der Waals surface area contributed by atoms with E-state index < -0.39 is 0 Å². The van der Waals surface area contributed by atoms with Gasteiger partial charge in [-0.15, -0.1) is 0 Å². The molecule has 0 aromatic heterocycles. The predicted octanol–water partition coefficient (Wildman–Crippen LogP) is 3.69. The van der Waals surface area contributed by atoms with Crippen molar-refractivity contribution in [3.05, 3.63) is 65.2 Å². The second kappa shape index (κ2) is 6.58. The number of nitrogens with zero attached hydrogens (tertiary/aromatic N) is 1. The molecule has 0 saturated heterocycles. The average molecular weight is 268 g/mol. The first kappa shape index (κ1) is 14.6. The van der Waals surface area contributed by atoms with E-state index >= 15 is 0 Å². The molecule has 2 N–H and O–H groups in total. The number of likely N-dealkylation sites (N-methyl/N-ethyl adjacent to an activating group) is 1. The second-order valence-corrected chi connectivity index (χ2v) is 5.42. The number of hydrogen-bond donors (Lipinski definition) is 1. The topological polar surface area (TPSA) is 29.3 Å². The smallest absolute Gasteiger partial charge is 0.0473 e. The molecule has 0 radical (unpaired) electrons. The van der Waals surface area contributed by atoms with Crippen molar-refractivity contribution in [1.29, 1.82) is 0 Å². The van der Waals surface area contributed by atoms with E-state index in [0.717, 1.165) is 13.0 Å². The van der Waals surface area contributed by atoms with Gasteiger partial charge in [-0.3, -0.25) is 0 Å². The second-order valence-electron chi connectivity index (χ2n) is 5.42. The van der Waals surface area contributed by atoms with Crippen LogP contribution in [0.5, 0.6) is 0 Å². The average Bonchev–Trinajstić information content (AvgIpc) is 2.48. The molecule has 0 heterocycles. The van der Waals surface area contributed by atoms with E-state index in [0.29, 0.717) is 0 Å². The van der Waals surface area contributed by atoms with Crippen LogP contribution in [0, 0.1) is 6.92 Å². The van der Waals surface area contributed by atoms with Crippen LogP contribution in [0.15, 0.2) is 48.5 Å². The Balaban J connectivity index is 2.02. The van der Waals surface area contributed by atoms with Gasteiger partial charge >= 0.3 is 0 Å². The highest BCUT2D eigenvalue weighted by atomic mass is 15.1. The number of aryl methyl sites for hydroxylation is 2. The maximum atomic E-state index is 6.31. The Kier molecular flexibility index (Phi) is 4.80. The molecule has 0 aliphatic carbocycles. The third kappa shape index (κ3) is 3.61. The molecule has 2 rings (SSSR count). The normalized spacial score (nSPS) is 12.2. The largest absolute Gasteiger partial charge is 0.373 e. The van der Waals surface area contributed by atoms with Crippen LogP contribution in [-0.2, 0) is 6.42 Å². The maximum Gasteiger partial charge on any atom is 0.0473 e. The summed E-state index contributed by atoms with van der Waals surface area (Å²) < 4.78 is 0. The molecule has 1 atom stereocenters. The number of anilines is 1. The quantitative estimate of drug-likeness (QED) is 0.896. The number of nitrogens with two attached hydrogens (primary N) is 1. The van der Waals surface area contributed by atoms with Gasteiger partial charge in [0.1, 0.15) is 0 Å². The van der Waals surface area contributed by atoms with Crippen LogP contribution < -0.4 is 10.6 Å². The molecular weight excluding hydrogens is 244 g/mol. The molecule has 0 aliphatic rings. The van der Waals surface area contributed by atoms with Gasteiger partial charge in [-0.2, -0.15) is 0 Å². The Bertz CT molecular complexity index is 528. The molecule has 2 heteroatoms. The van der Waals surface area contributed by atoms with Gasteiger partial charge in [-0.05, 0) is 36.6 Å². The third-order valence-electron chi connectivity index (χ3n) is 3.76. The van der Waals surface area contributed by atoms with Gasteiger partial charge < -0.3 is 10.6 Å². The van der Waals surface area contributed by atoms with Crippen molar-refractivity contribution < 1.29 is 0 Å². The summed E-state index contributed by atoms with van der Waals surface area (Å²) in [5, 5.41) is 0. The predicted molar refractivity (Wildman–Crippen MR) is 87.2 cm³/mol. The lowest BCUT2D eigenvalue weighted by Crippen LogP contribution is -2.28. The van der Waals surface area contributed by atoms with Gasteiger partial charge in [0.15, 0.2) is 0 Å². The van der Waals surface area contributed by atoms with Crippen LogP contribution in [0.1, 0.15) is 29.7 Å². The van der Waals surface area contributed by atoms with Crippen LogP contribution in [-0.4, -0.2) is 13.6 Å². The fourth-order valence-electron chi connectivity index (χ4n) is 2.31. The molecule has 0 saturated carbocycles. The highest BCUT2D eigenvalue weighted by Crippen LogP contribution is 2.18. The van der Waals surface area contributed by atoms with E-state index in [4.69, 9.17) is 5.73 Å². The Morgan fingerprint density at radius 3 is 2.15 bits per heavy atom. The van der Waals surface area contributed by atoms with Crippen molar-refractivity contribution in [2.75, 3.05) is 18.5 Å². The van der Waals surface area contributed by atoms with Crippen LogP contribution in [0.2, 0.25) is 0 Å². The first-order chi connectivity index (χ1) is 9.60. The lowest BCUT2D eigenvalue weighted by molar-refractivity contribution is 0.703. The fraction of sp³-hybridized carbons (Fsp3) is 0.333. The molecule has 0 aliphatic heterocycles. The highest BCUT2D eigenvalue weighted by Gasteiger charge is 2.09. The van der Waals surface area contributed by atoms with Crippen molar-refractivity contribution in [3.8, 4) is 0 Å². The van der Waals surface area contributed by atoms with Crippen LogP contribution in [0.25, 0.3) is 0 Å². The minimum atomic E-state index is 0.0345. The van der Waals surface area contributed by atoms with Crippen molar-refractivity contribution in [3.63, 3.8) is 0 Å². The van der Waals surface area contributed by atoms with Crippen molar-refractivity contribution in [1.82, 2.24) is 0 Å². The third-order valence-corrected chi connectivity index (χ3v) is 3.76. The monoisotopic (exact) mass is 268 g/mol. The van der Waals surface area contributed by atoms with E-state index in [-0.39, 0.29) is 6.04 Å². The summed E-state index contributed by atoms with van der Waals surface area (Å²) >= 11 is 0. The van der Waals surface area contributed by atoms with E-state index in [2.05, 4.69) is 74.3 Å². The Morgan fingerprint density at radius 1 is 1.00 bits per heavy atom. The minimum absolute atomic E-state index is 0.0345. The molecule has 0 bridgehead atoms. The molecule has 0 amide bonds. The first-order valence-electron chi connectivity index (χ1n) is 7.22. The van der Waals surface area contributed by atoms with E-state index in [1.807, 2.05) is 0 Å². The van der Waals surface area contributed by atoms with Crippen molar-refractivity contribution in [2.24, 2.45) is 5.73 Å². The lowest BCUT2D eigenvalue weighted by atomic mass is 10.0. The zero-order valence-electron chi connectivity index (χ0n) is 12.6. The fourth-order valence-corrected chi connectivity index (χ4v) is 2.31. The summed E-state index contributed by atoms with van der Waals surface area (Å²) in [5.41, 5.74) is 11.3. The summed E-state index contributed by atoms with van der Waals surface area (Å²) in [6.07, 6.45) is 1.07. The summed E-state index contributed by atoms with van der Waals surface area (Å²) in [6.45, 7) is 5.08. The van der Waals surface area contributed by atoms with Crippen LogP contribution in [0.4, 0.5) is 5.69 Å². The molecule has 2 aromatic carbocycles. The molecule has 1 unspecified atom stereocenters. The van der Waals surface area contributed by atoms with Gasteiger partial charge in [0, 0.05) is 25.3 Å². The van der Waals surface area contributed by atoms with Gasteiger partial charge in [0.25, 0.3) is 0 Å². The van der Waals surface area contributed by atoms with Crippen LogP contribution in [0.3, 0.4) is 0 Å². The molecule has 0 spiro atoms. The van der Waals surface area contributed by atoms with Gasteiger partial charge in [-0.25, -0.2) is 0 Å². The van der Waals surface area contributed by atoms with Crippen LogP contribution >= 0.6 is 0 Å². The number of hydrogen-bond acceptors (Lipinski definition) is 2. The Labute approximate surface area is 122 Å². The molecule has 2 aromatic rings. The molecular formula is C18H24N2. The Morgan fingerprint density at radius 2 is 1.60 bits per heavy atom. The highest BCUT2D eigenvalue weighted by molar-refractivity contribution is 5.47. The summed E-state index contributed by atoms with van der Waals surface area (Å²) in [6, 6.07) is 17.2. The maximum absolute atomic E-state index is 6.31.